The Morgan fingerprint density at radius 1 is 1.00 bits per heavy atom. The van der Waals surface area contributed by atoms with E-state index in [2.05, 4.69) is 43.4 Å². The van der Waals surface area contributed by atoms with E-state index in [1.54, 1.807) is 12.5 Å². The molecule has 7 heteroatoms. The van der Waals surface area contributed by atoms with Crippen LogP contribution in [0.5, 0.6) is 5.75 Å². The van der Waals surface area contributed by atoms with Gasteiger partial charge in [-0.05, 0) is 60.7 Å². The van der Waals surface area contributed by atoms with Gasteiger partial charge >= 0.3 is 0 Å². The molecule has 0 atom stereocenters. The van der Waals surface area contributed by atoms with Crippen molar-refractivity contribution in [1.29, 1.82) is 0 Å². The Kier molecular flexibility index (Phi) is 7.28. The summed E-state index contributed by atoms with van der Waals surface area (Å²) < 4.78 is 14.3. The lowest BCUT2D eigenvalue weighted by Gasteiger charge is -2.06. The van der Waals surface area contributed by atoms with Gasteiger partial charge in [0.05, 0.1) is 6.20 Å². The van der Waals surface area contributed by atoms with E-state index in [4.69, 9.17) is 9.15 Å². The summed E-state index contributed by atoms with van der Waals surface area (Å²) >= 11 is 3.43. The van der Waals surface area contributed by atoms with Crippen molar-refractivity contribution in [2.45, 2.75) is 32.4 Å². The predicted molar refractivity (Wildman–Crippen MR) is 123 cm³/mol. The van der Waals surface area contributed by atoms with Gasteiger partial charge < -0.3 is 9.15 Å². The second-order valence-electron chi connectivity index (χ2n) is 7.12. The van der Waals surface area contributed by atoms with Gasteiger partial charge in [-0.15, -0.1) is 5.10 Å². The molecule has 0 radical (unpaired) electrons. The van der Waals surface area contributed by atoms with Crippen molar-refractivity contribution >= 4 is 28.1 Å². The maximum atomic E-state index is 5.84. The number of aryl methyl sites for hydroxylation is 2. The van der Waals surface area contributed by atoms with Crippen LogP contribution in [0.2, 0.25) is 0 Å². The molecule has 0 fully saturated rings. The summed E-state index contributed by atoms with van der Waals surface area (Å²) in [5.74, 6) is 1.38. The van der Waals surface area contributed by atoms with E-state index in [0.717, 1.165) is 47.3 Å². The quantitative estimate of drug-likeness (QED) is 0.269. The van der Waals surface area contributed by atoms with Gasteiger partial charge in [-0.3, -0.25) is 4.68 Å². The topological polar surface area (TPSA) is 66.0 Å². The summed E-state index contributed by atoms with van der Waals surface area (Å²) in [5, 5.41) is 7.80. The largest absolute Gasteiger partial charge is 0.487 e. The second-order valence-corrected chi connectivity index (χ2v) is 8.03. The fourth-order valence-corrected chi connectivity index (χ4v) is 3.34. The smallest absolute Gasteiger partial charge is 0.218 e. The number of hydrogen-bond donors (Lipinski definition) is 0. The third-order valence-electron chi connectivity index (χ3n) is 4.74. The molecule has 0 aliphatic heterocycles. The SMILES string of the molecule is Brc1ccc(/C=C/c2nc(COc3ccc(CCCCn4ccnn4)cc3)co2)cc1. The Balaban J connectivity index is 1.20. The van der Waals surface area contributed by atoms with Crippen LogP contribution in [0.15, 0.2) is 76.1 Å². The van der Waals surface area contributed by atoms with Gasteiger partial charge in [0.2, 0.25) is 5.89 Å². The Morgan fingerprint density at radius 2 is 1.84 bits per heavy atom. The third kappa shape index (κ3) is 6.65. The molecule has 0 amide bonds. The zero-order valence-corrected chi connectivity index (χ0v) is 18.6. The first kappa shape index (κ1) is 21.1. The summed E-state index contributed by atoms with van der Waals surface area (Å²) in [4.78, 5) is 4.45. The summed E-state index contributed by atoms with van der Waals surface area (Å²) in [6.45, 7) is 1.27. The molecule has 0 bridgehead atoms. The van der Waals surface area contributed by atoms with Crippen LogP contribution in [0.1, 0.15) is 35.6 Å². The lowest BCUT2D eigenvalue weighted by molar-refractivity contribution is 0.301. The van der Waals surface area contributed by atoms with Crippen molar-refractivity contribution in [2.24, 2.45) is 0 Å². The maximum Gasteiger partial charge on any atom is 0.218 e. The van der Waals surface area contributed by atoms with Crippen molar-refractivity contribution in [2.75, 3.05) is 0 Å². The molecule has 0 saturated carbocycles. The zero-order valence-electron chi connectivity index (χ0n) is 17.0. The molecule has 0 saturated heterocycles. The number of unbranched alkanes of at least 4 members (excludes halogenated alkanes) is 1. The molecule has 0 aliphatic carbocycles. The third-order valence-corrected chi connectivity index (χ3v) is 5.27. The molecule has 0 aliphatic rings. The summed E-state index contributed by atoms with van der Waals surface area (Å²) in [5.41, 5.74) is 3.14. The summed E-state index contributed by atoms with van der Waals surface area (Å²) in [6.07, 6.45) is 12.3. The monoisotopic (exact) mass is 478 g/mol. The van der Waals surface area contributed by atoms with Gasteiger partial charge in [0, 0.05) is 23.3 Å². The lowest BCUT2D eigenvalue weighted by Crippen LogP contribution is -1.99. The first-order chi connectivity index (χ1) is 15.2. The minimum Gasteiger partial charge on any atom is -0.487 e. The van der Waals surface area contributed by atoms with E-state index in [9.17, 15) is 0 Å². The number of benzene rings is 2. The van der Waals surface area contributed by atoms with E-state index in [1.807, 2.05) is 59.4 Å². The molecule has 2 aromatic heterocycles. The Labute approximate surface area is 189 Å². The number of rotatable bonds is 10. The Bertz CT molecular complexity index is 1090. The number of halogens is 1. The highest BCUT2D eigenvalue weighted by Gasteiger charge is 2.03. The molecule has 0 unspecified atom stereocenters. The van der Waals surface area contributed by atoms with Gasteiger partial charge in [0.1, 0.15) is 24.3 Å². The van der Waals surface area contributed by atoms with Crippen LogP contribution >= 0.6 is 15.9 Å². The molecule has 2 heterocycles. The van der Waals surface area contributed by atoms with Gasteiger partial charge in [-0.25, -0.2) is 4.98 Å². The minimum absolute atomic E-state index is 0.368. The highest BCUT2D eigenvalue weighted by atomic mass is 79.9. The van der Waals surface area contributed by atoms with Crippen LogP contribution in [-0.2, 0) is 19.6 Å². The van der Waals surface area contributed by atoms with Gasteiger partial charge in [0.15, 0.2) is 0 Å². The standard InChI is InChI=1S/C24H23BrN4O2/c25-21-9-4-20(5-10-21)8-13-24-27-22(18-31-24)17-30-23-11-6-19(7-12-23)3-1-2-15-29-16-14-26-28-29/h4-14,16,18H,1-3,15,17H2/b13-8+. The lowest BCUT2D eigenvalue weighted by atomic mass is 10.1. The molecular weight excluding hydrogens is 456 g/mol. The normalized spacial score (nSPS) is 11.3. The Hall–Kier alpha value is -3.19. The van der Waals surface area contributed by atoms with E-state index in [-0.39, 0.29) is 0 Å². The summed E-state index contributed by atoms with van der Waals surface area (Å²) in [7, 11) is 0. The minimum atomic E-state index is 0.368. The average Bonchev–Trinajstić information content (AvgIpc) is 3.48. The number of hydrogen-bond acceptors (Lipinski definition) is 5. The van der Waals surface area contributed by atoms with E-state index >= 15 is 0 Å². The van der Waals surface area contributed by atoms with Crippen molar-refractivity contribution < 1.29 is 9.15 Å². The van der Waals surface area contributed by atoms with Crippen LogP contribution in [0, 0.1) is 0 Å². The van der Waals surface area contributed by atoms with Crippen LogP contribution in [0.3, 0.4) is 0 Å². The van der Waals surface area contributed by atoms with E-state index < -0.39 is 0 Å². The number of aromatic nitrogens is 4. The highest BCUT2D eigenvalue weighted by molar-refractivity contribution is 9.10. The molecule has 0 N–H and O–H groups in total. The molecule has 4 aromatic rings. The number of ether oxygens (including phenoxy) is 1. The van der Waals surface area contributed by atoms with Gasteiger partial charge in [0.25, 0.3) is 0 Å². The zero-order chi connectivity index (χ0) is 21.3. The fourth-order valence-electron chi connectivity index (χ4n) is 3.07. The molecule has 2 aromatic carbocycles. The number of oxazole rings is 1. The first-order valence-corrected chi connectivity index (χ1v) is 11.0. The van der Waals surface area contributed by atoms with Crippen molar-refractivity contribution in [3.8, 4) is 5.75 Å². The van der Waals surface area contributed by atoms with Crippen LogP contribution in [-0.4, -0.2) is 20.0 Å². The van der Waals surface area contributed by atoms with Gasteiger partial charge in [-0.2, -0.15) is 0 Å². The average molecular weight is 479 g/mol. The van der Waals surface area contributed by atoms with Crippen molar-refractivity contribution in [3.63, 3.8) is 0 Å². The van der Waals surface area contributed by atoms with Crippen molar-refractivity contribution in [3.05, 3.63) is 94.4 Å². The van der Waals surface area contributed by atoms with E-state index in [0.29, 0.717) is 12.5 Å². The van der Waals surface area contributed by atoms with E-state index in [1.165, 1.54) is 5.56 Å². The molecular formula is C24H23BrN4O2. The van der Waals surface area contributed by atoms with Crippen molar-refractivity contribution in [1.82, 2.24) is 20.0 Å². The molecule has 31 heavy (non-hydrogen) atoms. The molecule has 158 valence electrons. The van der Waals surface area contributed by atoms with Crippen LogP contribution in [0.4, 0.5) is 0 Å². The first-order valence-electron chi connectivity index (χ1n) is 10.2. The highest BCUT2D eigenvalue weighted by Crippen LogP contribution is 2.17. The fraction of sp³-hybridized carbons (Fsp3) is 0.208. The van der Waals surface area contributed by atoms with Crippen LogP contribution in [0.25, 0.3) is 12.2 Å². The predicted octanol–water partition coefficient (Wildman–Crippen LogP) is 5.80. The molecule has 4 rings (SSSR count). The molecule has 6 nitrogen and oxygen atoms in total. The maximum absolute atomic E-state index is 5.84. The summed E-state index contributed by atoms with van der Waals surface area (Å²) in [6, 6.07) is 16.3. The number of nitrogens with zero attached hydrogens (tertiary/aromatic N) is 4. The van der Waals surface area contributed by atoms with Crippen LogP contribution < -0.4 is 4.74 Å². The Morgan fingerprint density at radius 3 is 2.61 bits per heavy atom. The molecule has 0 spiro atoms. The second kappa shape index (κ2) is 10.7. The van der Waals surface area contributed by atoms with Gasteiger partial charge in [-0.1, -0.05) is 45.4 Å².